The topological polar surface area (TPSA) is 29.5 Å². The number of hydrogen-bond donors (Lipinski definition) is 0. The van der Waals surface area contributed by atoms with Gasteiger partial charge >= 0.3 is 5.97 Å². The molecule has 4 rings (SSSR count). The summed E-state index contributed by atoms with van der Waals surface area (Å²) >= 11 is 0. The summed E-state index contributed by atoms with van der Waals surface area (Å²) in [6, 6.07) is 21.6. The van der Waals surface area contributed by atoms with Crippen LogP contribution >= 0.6 is 12.4 Å². The Bertz CT molecular complexity index is 697. The summed E-state index contributed by atoms with van der Waals surface area (Å²) in [5.74, 6) is -0.497. The zero-order valence-electron chi connectivity index (χ0n) is 15.8. The molecule has 0 amide bonds. The second-order valence-electron chi connectivity index (χ2n) is 7.64. The minimum Gasteiger partial charge on any atom is -0.463 e. The van der Waals surface area contributed by atoms with Gasteiger partial charge in [0, 0.05) is 18.1 Å². The van der Waals surface area contributed by atoms with E-state index in [1.54, 1.807) is 0 Å². The van der Waals surface area contributed by atoms with Gasteiger partial charge in [-0.2, -0.15) is 0 Å². The quantitative estimate of drug-likeness (QED) is 0.692. The van der Waals surface area contributed by atoms with Crippen LogP contribution in [-0.2, 0) is 9.53 Å². The number of benzene rings is 2. The first-order valence-corrected chi connectivity index (χ1v) is 9.78. The largest absolute Gasteiger partial charge is 0.463 e. The van der Waals surface area contributed by atoms with Gasteiger partial charge in [-0.3, -0.25) is 9.69 Å². The lowest BCUT2D eigenvalue weighted by Gasteiger charge is -2.28. The van der Waals surface area contributed by atoms with Gasteiger partial charge < -0.3 is 4.74 Å². The predicted molar refractivity (Wildman–Crippen MR) is 110 cm³/mol. The van der Waals surface area contributed by atoms with E-state index in [4.69, 9.17) is 4.74 Å². The molecule has 0 aliphatic carbocycles. The molecule has 2 aromatic rings. The van der Waals surface area contributed by atoms with E-state index in [0.29, 0.717) is 24.7 Å². The highest BCUT2D eigenvalue weighted by molar-refractivity contribution is 5.85. The summed E-state index contributed by atoms with van der Waals surface area (Å²) in [6.45, 7) is 2.81. The third kappa shape index (κ3) is 4.20. The standard InChI is InChI=1S/C23H27NO2.ClH/c1-17-12-13-20-14-15-21(24(17)20)16-26-23(25)22(18-8-4-2-5-9-18)19-10-6-3-7-11-19;/h2-11,17,20-22H,12-16H2,1H3;1H/t17-,20-,21-;/m1./s1. The third-order valence-corrected chi connectivity index (χ3v) is 6.02. The number of carbonyl (C=O) groups is 1. The second kappa shape index (κ2) is 8.90. The summed E-state index contributed by atoms with van der Waals surface area (Å²) in [5.41, 5.74) is 1.98. The lowest BCUT2D eigenvalue weighted by atomic mass is 9.91. The minimum atomic E-state index is -0.356. The fraction of sp³-hybridized carbons (Fsp3) is 0.435. The van der Waals surface area contributed by atoms with Crippen LogP contribution < -0.4 is 0 Å². The van der Waals surface area contributed by atoms with Crippen LogP contribution in [0, 0.1) is 0 Å². The van der Waals surface area contributed by atoms with Crippen molar-refractivity contribution in [3.05, 3.63) is 71.8 Å². The van der Waals surface area contributed by atoms with Crippen molar-refractivity contribution in [1.82, 2.24) is 4.90 Å². The van der Waals surface area contributed by atoms with Crippen LogP contribution in [0.2, 0.25) is 0 Å². The molecule has 2 heterocycles. The van der Waals surface area contributed by atoms with Crippen LogP contribution in [0.4, 0.5) is 0 Å². The lowest BCUT2D eigenvalue weighted by molar-refractivity contribution is -0.146. The molecule has 0 saturated carbocycles. The molecule has 2 fully saturated rings. The fourth-order valence-corrected chi connectivity index (χ4v) is 4.76. The van der Waals surface area contributed by atoms with Gasteiger partial charge in [0.05, 0.1) is 0 Å². The second-order valence-corrected chi connectivity index (χ2v) is 7.64. The van der Waals surface area contributed by atoms with Crippen LogP contribution in [0.1, 0.15) is 49.7 Å². The number of carbonyl (C=O) groups excluding carboxylic acids is 1. The fourth-order valence-electron chi connectivity index (χ4n) is 4.76. The SMILES string of the molecule is C[C@@H]1CC[C@@H]2CC[C@H](COC(=O)C(c3ccccc3)c3ccccc3)N21.Cl. The molecule has 0 spiro atoms. The summed E-state index contributed by atoms with van der Waals surface area (Å²) < 4.78 is 5.87. The Morgan fingerprint density at radius 3 is 2.11 bits per heavy atom. The molecule has 2 aliphatic rings. The zero-order valence-corrected chi connectivity index (χ0v) is 16.6. The van der Waals surface area contributed by atoms with Crippen LogP contribution in [-0.4, -0.2) is 35.6 Å². The Morgan fingerprint density at radius 2 is 1.52 bits per heavy atom. The summed E-state index contributed by atoms with van der Waals surface area (Å²) in [6.07, 6.45) is 4.95. The maximum absolute atomic E-state index is 13.0. The van der Waals surface area contributed by atoms with Crippen molar-refractivity contribution in [2.24, 2.45) is 0 Å². The van der Waals surface area contributed by atoms with Crippen LogP contribution in [0.25, 0.3) is 0 Å². The van der Waals surface area contributed by atoms with Gasteiger partial charge in [0.25, 0.3) is 0 Å². The van der Waals surface area contributed by atoms with Gasteiger partial charge in [-0.1, -0.05) is 60.7 Å². The number of nitrogens with zero attached hydrogens (tertiary/aromatic N) is 1. The van der Waals surface area contributed by atoms with Crippen LogP contribution in [0.15, 0.2) is 60.7 Å². The van der Waals surface area contributed by atoms with Crippen molar-refractivity contribution in [2.75, 3.05) is 6.61 Å². The van der Waals surface area contributed by atoms with Crippen molar-refractivity contribution in [3.8, 4) is 0 Å². The van der Waals surface area contributed by atoms with Crippen LogP contribution in [0.3, 0.4) is 0 Å². The van der Waals surface area contributed by atoms with Gasteiger partial charge in [-0.05, 0) is 43.7 Å². The Hall–Kier alpha value is -1.84. The van der Waals surface area contributed by atoms with Gasteiger partial charge in [0.2, 0.25) is 0 Å². The molecule has 3 atom stereocenters. The molecule has 27 heavy (non-hydrogen) atoms. The monoisotopic (exact) mass is 385 g/mol. The maximum atomic E-state index is 13.0. The molecule has 2 aromatic carbocycles. The Balaban J connectivity index is 0.00000210. The highest BCUT2D eigenvalue weighted by Crippen LogP contribution is 2.37. The number of ether oxygens (including phenoxy) is 1. The van der Waals surface area contributed by atoms with E-state index in [-0.39, 0.29) is 24.3 Å². The number of fused-ring (bicyclic) bond motifs is 1. The third-order valence-electron chi connectivity index (χ3n) is 6.02. The van der Waals surface area contributed by atoms with Gasteiger partial charge in [-0.25, -0.2) is 0 Å². The average molecular weight is 386 g/mol. The average Bonchev–Trinajstić information content (AvgIpc) is 3.25. The normalized spacial score (nSPS) is 24.4. The van der Waals surface area contributed by atoms with E-state index in [9.17, 15) is 4.79 Å². The Kier molecular flexibility index (Phi) is 6.56. The van der Waals surface area contributed by atoms with E-state index < -0.39 is 0 Å². The van der Waals surface area contributed by atoms with Crippen molar-refractivity contribution in [1.29, 1.82) is 0 Å². The zero-order chi connectivity index (χ0) is 17.9. The molecule has 0 bridgehead atoms. The molecule has 3 nitrogen and oxygen atoms in total. The molecule has 144 valence electrons. The van der Waals surface area contributed by atoms with Crippen molar-refractivity contribution < 1.29 is 9.53 Å². The molecular weight excluding hydrogens is 358 g/mol. The molecule has 0 aromatic heterocycles. The van der Waals surface area contributed by atoms with E-state index >= 15 is 0 Å². The molecule has 4 heteroatoms. The summed E-state index contributed by atoms with van der Waals surface area (Å²) in [5, 5.41) is 0. The number of esters is 1. The number of hydrogen-bond acceptors (Lipinski definition) is 3. The smallest absolute Gasteiger partial charge is 0.317 e. The first kappa shape index (κ1) is 19.9. The number of halogens is 1. The van der Waals surface area contributed by atoms with Gasteiger partial charge in [0.1, 0.15) is 12.5 Å². The first-order valence-electron chi connectivity index (χ1n) is 9.78. The summed E-state index contributed by atoms with van der Waals surface area (Å²) in [7, 11) is 0. The molecule has 0 radical (unpaired) electrons. The summed E-state index contributed by atoms with van der Waals surface area (Å²) in [4.78, 5) is 15.6. The van der Waals surface area contributed by atoms with E-state index in [0.717, 1.165) is 17.5 Å². The van der Waals surface area contributed by atoms with Gasteiger partial charge in [0.15, 0.2) is 0 Å². The highest BCUT2D eigenvalue weighted by atomic mass is 35.5. The van der Waals surface area contributed by atoms with Crippen LogP contribution in [0.5, 0.6) is 0 Å². The van der Waals surface area contributed by atoms with Crippen molar-refractivity contribution in [3.63, 3.8) is 0 Å². The van der Waals surface area contributed by atoms with E-state index in [2.05, 4.69) is 11.8 Å². The van der Waals surface area contributed by atoms with E-state index in [1.165, 1.54) is 19.3 Å². The lowest BCUT2D eigenvalue weighted by Crippen LogP contribution is -2.40. The first-order chi connectivity index (χ1) is 12.7. The molecular formula is C23H28ClNO2. The van der Waals surface area contributed by atoms with Crippen molar-refractivity contribution in [2.45, 2.75) is 56.7 Å². The minimum absolute atomic E-state index is 0. The molecule has 0 N–H and O–H groups in total. The molecule has 2 aliphatic heterocycles. The molecule has 0 unspecified atom stereocenters. The Labute approximate surface area is 168 Å². The molecule has 2 saturated heterocycles. The van der Waals surface area contributed by atoms with Gasteiger partial charge in [-0.15, -0.1) is 12.4 Å². The maximum Gasteiger partial charge on any atom is 0.317 e. The Morgan fingerprint density at radius 1 is 0.963 bits per heavy atom. The highest BCUT2D eigenvalue weighted by Gasteiger charge is 2.41. The van der Waals surface area contributed by atoms with E-state index in [1.807, 2.05) is 60.7 Å². The predicted octanol–water partition coefficient (Wildman–Crippen LogP) is 4.80. The number of rotatable bonds is 5. The van der Waals surface area contributed by atoms with Crippen molar-refractivity contribution >= 4 is 18.4 Å².